The van der Waals surface area contributed by atoms with Gasteiger partial charge in [0.15, 0.2) is 0 Å². The molecule has 0 bridgehead atoms. The van der Waals surface area contributed by atoms with Gasteiger partial charge in [-0.1, -0.05) is 36.4 Å². The number of carbonyl (C=O) groups excluding carboxylic acids is 3. The summed E-state index contributed by atoms with van der Waals surface area (Å²) in [4.78, 5) is 43.5. The molecule has 164 valence electrons. The van der Waals surface area contributed by atoms with Crippen LogP contribution in [-0.2, 0) is 9.59 Å². The number of likely N-dealkylation sites (tertiary alicyclic amines) is 1. The van der Waals surface area contributed by atoms with Crippen LogP contribution in [0.25, 0.3) is 10.8 Å². The number of amides is 3. The zero-order valence-corrected chi connectivity index (χ0v) is 18.0. The Morgan fingerprint density at radius 1 is 0.871 bits per heavy atom. The van der Waals surface area contributed by atoms with Gasteiger partial charge in [-0.15, -0.1) is 0 Å². The molecule has 0 radical (unpaired) electrons. The van der Waals surface area contributed by atoms with Gasteiger partial charge >= 0.3 is 0 Å². The lowest BCUT2D eigenvalue weighted by molar-refractivity contribution is -0.138. The molecule has 4 rings (SSSR count). The van der Waals surface area contributed by atoms with Gasteiger partial charge in [-0.3, -0.25) is 19.3 Å². The van der Waals surface area contributed by atoms with E-state index in [2.05, 4.69) is 10.2 Å². The fraction of sp³-hybridized carbons (Fsp3) is 0.458. The smallest absolute Gasteiger partial charge is 0.254 e. The van der Waals surface area contributed by atoms with Crippen LogP contribution in [0.5, 0.6) is 0 Å². The lowest BCUT2D eigenvalue weighted by atomic mass is 9.94. The molecule has 2 aromatic rings. The number of benzene rings is 2. The van der Waals surface area contributed by atoms with Crippen molar-refractivity contribution in [1.82, 2.24) is 20.0 Å². The minimum atomic E-state index is -0.0259. The minimum Gasteiger partial charge on any atom is -0.358 e. The van der Waals surface area contributed by atoms with Gasteiger partial charge < -0.3 is 15.1 Å². The highest BCUT2D eigenvalue weighted by Gasteiger charge is 2.32. The van der Waals surface area contributed by atoms with Crippen molar-refractivity contribution in [3.05, 3.63) is 48.0 Å². The Morgan fingerprint density at radius 2 is 1.55 bits per heavy atom. The highest BCUT2D eigenvalue weighted by molar-refractivity contribution is 6.07. The number of nitrogens with one attached hydrogen (secondary N) is 1. The summed E-state index contributed by atoms with van der Waals surface area (Å²) < 4.78 is 0. The standard InChI is InChI=1S/C24H30N4O3/c1-25-22(29)17-26-13-15-28(16-14-26)23(30)19-9-11-27(12-10-19)24(31)21-8-4-6-18-5-2-3-7-20(18)21/h2-8,19H,9-17H2,1H3,(H,25,29). The van der Waals surface area contributed by atoms with Crippen LogP contribution >= 0.6 is 0 Å². The van der Waals surface area contributed by atoms with Gasteiger partial charge in [0.1, 0.15) is 0 Å². The van der Waals surface area contributed by atoms with Crippen molar-refractivity contribution in [1.29, 1.82) is 0 Å². The van der Waals surface area contributed by atoms with Gasteiger partial charge in [0.25, 0.3) is 5.91 Å². The maximum absolute atomic E-state index is 13.1. The quantitative estimate of drug-likeness (QED) is 0.812. The highest BCUT2D eigenvalue weighted by atomic mass is 16.2. The Kier molecular flexibility index (Phi) is 6.51. The molecule has 0 atom stereocenters. The van der Waals surface area contributed by atoms with Gasteiger partial charge in [-0.05, 0) is 29.7 Å². The lowest BCUT2D eigenvalue weighted by Gasteiger charge is -2.38. The molecular weight excluding hydrogens is 392 g/mol. The number of fused-ring (bicyclic) bond motifs is 1. The Morgan fingerprint density at radius 3 is 2.26 bits per heavy atom. The first-order valence-corrected chi connectivity index (χ1v) is 11.1. The van der Waals surface area contributed by atoms with Gasteiger partial charge in [0.2, 0.25) is 11.8 Å². The molecule has 7 nitrogen and oxygen atoms in total. The van der Waals surface area contributed by atoms with Crippen LogP contribution in [0.15, 0.2) is 42.5 Å². The van der Waals surface area contributed by atoms with Crippen molar-refractivity contribution < 1.29 is 14.4 Å². The zero-order chi connectivity index (χ0) is 21.8. The van der Waals surface area contributed by atoms with Crippen LogP contribution in [-0.4, -0.2) is 85.3 Å². The summed E-state index contributed by atoms with van der Waals surface area (Å²) in [7, 11) is 1.64. The maximum atomic E-state index is 13.1. The number of hydrogen-bond donors (Lipinski definition) is 1. The second-order valence-corrected chi connectivity index (χ2v) is 8.37. The van der Waals surface area contributed by atoms with Crippen LogP contribution in [0, 0.1) is 5.92 Å². The second kappa shape index (κ2) is 9.47. The average Bonchev–Trinajstić information content (AvgIpc) is 2.83. The van der Waals surface area contributed by atoms with Gasteiger partial charge in [0, 0.05) is 57.8 Å². The van der Waals surface area contributed by atoms with Crippen LogP contribution < -0.4 is 5.32 Å². The molecule has 0 unspecified atom stereocenters. The van der Waals surface area contributed by atoms with Crippen molar-refractivity contribution in [2.75, 3.05) is 52.9 Å². The maximum Gasteiger partial charge on any atom is 0.254 e. The Balaban J connectivity index is 1.31. The van der Waals surface area contributed by atoms with Crippen LogP contribution in [0.1, 0.15) is 23.2 Å². The summed E-state index contributed by atoms with van der Waals surface area (Å²) >= 11 is 0. The molecule has 0 spiro atoms. The molecule has 0 saturated carbocycles. The average molecular weight is 423 g/mol. The molecule has 1 N–H and O–H groups in total. The Labute approximate surface area is 183 Å². The normalized spacial score (nSPS) is 18.2. The number of hydrogen-bond acceptors (Lipinski definition) is 4. The molecule has 0 aromatic heterocycles. The fourth-order valence-corrected chi connectivity index (χ4v) is 4.58. The van der Waals surface area contributed by atoms with E-state index >= 15 is 0 Å². The molecular formula is C24H30N4O3. The van der Waals surface area contributed by atoms with E-state index in [0.717, 1.165) is 29.4 Å². The summed E-state index contributed by atoms with van der Waals surface area (Å²) in [6.07, 6.45) is 1.40. The predicted molar refractivity (Wildman–Crippen MR) is 120 cm³/mol. The van der Waals surface area contributed by atoms with E-state index in [-0.39, 0.29) is 23.6 Å². The van der Waals surface area contributed by atoms with E-state index in [4.69, 9.17) is 0 Å². The van der Waals surface area contributed by atoms with Gasteiger partial charge in [-0.25, -0.2) is 0 Å². The summed E-state index contributed by atoms with van der Waals surface area (Å²) in [6.45, 7) is 4.35. The molecule has 3 amide bonds. The Hall–Kier alpha value is -2.93. The third-order valence-electron chi connectivity index (χ3n) is 6.48. The Bertz CT molecular complexity index is 955. The topological polar surface area (TPSA) is 73.0 Å². The molecule has 2 aliphatic heterocycles. The summed E-state index contributed by atoms with van der Waals surface area (Å²) in [5.74, 6) is 0.215. The summed E-state index contributed by atoms with van der Waals surface area (Å²) in [5, 5.41) is 4.68. The van der Waals surface area contributed by atoms with Crippen molar-refractivity contribution >= 4 is 28.5 Å². The zero-order valence-electron chi connectivity index (χ0n) is 18.0. The molecule has 2 heterocycles. The number of piperidine rings is 1. The van der Waals surface area contributed by atoms with Crippen LogP contribution in [0.2, 0.25) is 0 Å². The third-order valence-corrected chi connectivity index (χ3v) is 6.48. The first-order chi connectivity index (χ1) is 15.1. The number of rotatable bonds is 4. The van der Waals surface area contributed by atoms with Crippen molar-refractivity contribution in [3.8, 4) is 0 Å². The number of carbonyl (C=O) groups is 3. The lowest BCUT2D eigenvalue weighted by Crippen LogP contribution is -2.53. The van der Waals surface area contributed by atoms with Gasteiger partial charge in [0.05, 0.1) is 6.54 Å². The molecule has 2 aliphatic rings. The van der Waals surface area contributed by atoms with E-state index in [1.165, 1.54) is 0 Å². The van der Waals surface area contributed by atoms with E-state index < -0.39 is 0 Å². The molecule has 0 aliphatic carbocycles. The van der Waals surface area contributed by atoms with Crippen molar-refractivity contribution in [2.24, 2.45) is 5.92 Å². The minimum absolute atomic E-state index is 0.00279. The van der Waals surface area contributed by atoms with E-state index in [1.54, 1.807) is 7.05 Å². The molecule has 2 fully saturated rings. The molecule has 31 heavy (non-hydrogen) atoms. The van der Waals surface area contributed by atoms with Crippen molar-refractivity contribution in [3.63, 3.8) is 0 Å². The van der Waals surface area contributed by atoms with Crippen LogP contribution in [0.3, 0.4) is 0 Å². The second-order valence-electron chi connectivity index (χ2n) is 8.37. The number of piperazine rings is 1. The third kappa shape index (κ3) is 4.71. The van der Waals surface area contributed by atoms with Crippen molar-refractivity contribution in [2.45, 2.75) is 12.8 Å². The number of likely N-dealkylation sites (N-methyl/N-ethyl adjacent to an activating group) is 1. The van der Waals surface area contributed by atoms with E-state index in [1.807, 2.05) is 52.3 Å². The largest absolute Gasteiger partial charge is 0.358 e. The molecule has 2 aromatic carbocycles. The summed E-state index contributed by atoms with van der Waals surface area (Å²) in [6, 6.07) is 13.8. The van der Waals surface area contributed by atoms with Gasteiger partial charge in [-0.2, -0.15) is 0 Å². The monoisotopic (exact) mass is 422 g/mol. The molecule has 2 saturated heterocycles. The number of nitrogens with zero attached hydrogens (tertiary/aromatic N) is 3. The first kappa shape index (κ1) is 21.3. The highest BCUT2D eigenvalue weighted by Crippen LogP contribution is 2.25. The predicted octanol–water partition coefficient (Wildman–Crippen LogP) is 1.58. The fourth-order valence-electron chi connectivity index (χ4n) is 4.58. The van der Waals surface area contributed by atoms with E-state index in [0.29, 0.717) is 45.6 Å². The molecule has 7 heteroatoms. The van der Waals surface area contributed by atoms with E-state index in [9.17, 15) is 14.4 Å². The SMILES string of the molecule is CNC(=O)CN1CCN(C(=O)C2CCN(C(=O)c3cccc4ccccc34)CC2)CC1. The summed E-state index contributed by atoms with van der Waals surface area (Å²) in [5.41, 5.74) is 0.732. The van der Waals surface area contributed by atoms with Crippen LogP contribution in [0.4, 0.5) is 0 Å². The first-order valence-electron chi connectivity index (χ1n) is 11.1.